The first-order chi connectivity index (χ1) is 8.47. The van der Waals surface area contributed by atoms with Gasteiger partial charge in [0, 0.05) is 11.6 Å². The van der Waals surface area contributed by atoms with Gasteiger partial charge in [0.05, 0.1) is 5.02 Å². The van der Waals surface area contributed by atoms with Crippen molar-refractivity contribution in [3.05, 3.63) is 22.7 Å². The van der Waals surface area contributed by atoms with Crippen LogP contribution >= 0.6 is 11.6 Å². The van der Waals surface area contributed by atoms with E-state index >= 15 is 0 Å². The van der Waals surface area contributed by atoms with Crippen molar-refractivity contribution in [2.45, 2.75) is 12.3 Å². The number of alkyl halides is 3. The quantitative estimate of drug-likeness (QED) is 0.728. The number of hydrogen-bond donors (Lipinski definition) is 0. The van der Waals surface area contributed by atoms with E-state index in [2.05, 4.69) is 0 Å². The van der Waals surface area contributed by atoms with Gasteiger partial charge in [-0.3, -0.25) is 0 Å². The molecule has 0 bridgehead atoms. The largest absolute Gasteiger partial charge is 0.476 e. The zero-order valence-corrected chi connectivity index (χ0v) is 9.51. The summed E-state index contributed by atoms with van der Waals surface area (Å²) in [5.41, 5.74) is 0.362. The van der Waals surface area contributed by atoms with Gasteiger partial charge in [-0.2, -0.15) is 13.2 Å². The monoisotopic (exact) mass is 278 g/mol. The Morgan fingerprint density at radius 2 is 2.00 bits per heavy atom. The summed E-state index contributed by atoms with van der Waals surface area (Å²) < 4.78 is 52.7. The van der Waals surface area contributed by atoms with Crippen molar-refractivity contribution in [2.24, 2.45) is 0 Å². The highest BCUT2D eigenvalue weighted by atomic mass is 35.5. The fraction of sp³-hybridized carbons (Fsp3) is 0.273. The topological polar surface area (TPSA) is 27.7 Å². The van der Waals surface area contributed by atoms with E-state index in [-0.39, 0.29) is 23.3 Å². The molecule has 0 aromatic heterocycles. The maximum atomic E-state index is 12.5. The van der Waals surface area contributed by atoms with Crippen molar-refractivity contribution in [3.63, 3.8) is 0 Å². The van der Waals surface area contributed by atoms with Crippen LogP contribution in [-0.4, -0.2) is 19.1 Å². The second kappa shape index (κ2) is 3.71. The van der Waals surface area contributed by atoms with Crippen LogP contribution in [0.1, 0.15) is 5.56 Å². The number of halogens is 4. The highest BCUT2D eigenvalue weighted by Gasteiger charge is 2.42. The van der Waals surface area contributed by atoms with Gasteiger partial charge in [0.15, 0.2) is 11.5 Å². The van der Waals surface area contributed by atoms with Gasteiger partial charge in [0.2, 0.25) is 12.9 Å². The van der Waals surface area contributed by atoms with Crippen molar-refractivity contribution in [3.8, 4) is 17.2 Å². The lowest BCUT2D eigenvalue weighted by atomic mass is 10.1. The van der Waals surface area contributed by atoms with E-state index in [0.717, 1.165) is 6.08 Å². The molecule has 2 aliphatic rings. The van der Waals surface area contributed by atoms with Gasteiger partial charge in [-0.05, 0) is 12.2 Å². The van der Waals surface area contributed by atoms with Gasteiger partial charge in [-0.15, -0.1) is 0 Å². The minimum Gasteiger partial charge on any atom is -0.476 e. The Balaban J connectivity index is 2.05. The molecular formula is C11H6ClF3O3. The van der Waals surface area contributed by atoms with E-state index in [1.807, 2.05) is 0 Å². The molecule has 0 N–H and O–H groups in total. The van der Waals surface area contributed by atoms with Crippen molar-refractivity contribution < 1.29 is 27.4 Å². The van der Waals surface area contributed by atoms with Crippen LogP contribution in [0.25, 0.3) is 6.08 Å². The summed E-state index contributed by atoms with van der Waals surface area (Å²) in [6.07, 6.45) is -4.24. The van der Waals surface area contributed by atoms with Crippen LogP contribution in [0.2, 0.25) is 5.02 Å². The molecule has 18 heavy (non-hydrogen) atoms. The summed E-state index contributed by atoms with van der Waals surface area (Å²) in [5, 5.41) is 0.192. The number of ether oxygens (including phenoxy) is 3. The first-order valence-corrected chi connectivity index (χ1v) is 5.38. The maximum absolute atomic E-state index is 12.5. The van der Waals surface area contributed by atoms with Gasteiger partial charge in [0.1, 0.15) is 5.75 Å². The van der Waals surface area contributed by atoms with Crippen molar-refractivity contribution >= 4 is 17.7 Å². The van der Waals surface area contributed by atoms with E-state index < -0.39 is 12.3 Å². The average molecular weight is 279 g/mol. The number of fused-ring (bicyclic) bond motifs is 2. The average Bonchev–Trinajstić information content (AvgIpc) is 2.75. The predicted octanol–water partition coefficient (Wildman–Crippen LogP) is 3.41. The Morgan fingerprint density at radius 3 is 2.72 bits per heavy atom. The normalized spacial score (nSPS) is 20.6. The smallest absolute Gasteiger partial charge is 0.429 e. The summed E-state index contributed by atoms with van der Waals surface area (Å²) in [4.78, 5) is 0. The lowest BCUT2D eigenvalue weighted by Gasteiger charge is -2.24. The molecule has 1 atom stereocenters. The van der Waals surface area contributed by atoms with Gasteiger partial charge in [0.25, 0.3) is 0 Å². The molecule has 1 unspecified atom stereocenters. The summed E-state index contributed by atoms with van der Waals surface area (Å²) in [7, 11) is 0. The third-order valence-electron chi connectivity index (χ3n) is 2.62. The molecule has 0 radical (unpaired) electrons. The van der Waals surface area contributed by atoms with Crippen molar-refractivity contribution in [1.29, 1.82) is 0 Å². The zero-order valence-electron chi connectivity index (χ0n) is 8.75. The third kappa shape index (κ3) is 1.68. The molecule has 96 valence electrons. The molecular weight excluding hydrogens is 273 g/mol. The van der Waals surface area contributed by atoms with E-state index in [4.69, 9.17) is 25.8 Å². The molecule has 2 heterocycles. The zero-order chi connectivity index (χ0) is 12.9. The molecule has 0 amide bonds. The lowest BCUT2D eigenvalue weighted by Crippen LogP contribution is -2.33. The molecule has 0 spiro atoms. The molecule has 7 heteroatoms. The fourth-order valence-electron chi connectivity index (χ4n) is 1.78. The highest BCUT2D eigenvalue weighted by molar-refractivity contribution is 6.34. The van der Waals surface area contributed by atoms with Crippen LogP contribution in [0.4, 0.5) is 13.2 Å². The SMILES string of the molecule is FC(F)(F)C1C=Cc2c(cc3c(c2Cl)OCO3)O1. The van der Waals surface area contributed by atoms with Gasteiger partial charge in [-0.25, -0.2) is 0 Å². The van der Waals surface area contributed by atoms with Crippen LogP contribution in [0.15, 0.2) is 12.1 Å². The number of benzene rings is 1. The first kappa shape index (κ1) is 11.5. The molecule has 2 aliphatic heterocycles. The second-order valence-corrected chi connectivity index (χ2v) is 4.15. The summed E-state index contributed by atoms with van der Waals surface area (Å²) in [5.74, 6) is 0.651. The molecule has 1 aromatic carbocycles. The Kier molecular flexibility index (Phi) is 2.38. The molecule has 0 saturated heterocycles. The Labute approximate surface area is 105 Å². The van der Waals surface area contributed by atoms with Crippen LogP contribution in [0.5, 0.6) is 17.2 Å². The Morgan fingerprint density at radius 1 is 1.22 bits per heavy atom. The standard InChI is InChI=1S/C11H6ClF3O3/c12-9-5-1-2-8(11(13,14)15)18-6(5)3-7-10(9)17-4-16-7/h1-3,8H,4H2. The molecule has 0 fully saturated rings. The molecule has 1 aromatic rings. The third-order valence-corrected chi connectivity index (χ3v) is 2.99. The highest BCUT2D eigenvalue weighted by Crippen LogP contribution is 2.48. The minimum atomic E-state index is -4.46. The second-order valence-electron chi connectivity index (χ2n) is 3.78. The molecule has 0 saturated carbocycles. The molecule has 0 aliphatic carbocycles. The Hall–Kier alpha value is -1.56. The van der Waals surface area contributed by atoms with Crippen LogP contribution in [-0.2, 0) is 0 Å². The van der Waals surface area contributed by atoms with Crippen LogP contribution in [0, 0.1) is 0 Å². The number of rotatable bonds is 0. The van der Waals surface area contributed by atoms with Crippen LogP contribution in [0.3, 0.4) is 0 Å². The molecule has 3 nitrogen and oxygen atoms in total. The Bertz CT molecular complexity index is 539. The van der Waals surface area contributed by atoms with Crippen LogP contribution < -0.4 is 14.2 Å². The first-order valence-electron chi connectivity index (χ1n) is 5.00. The molecule has 3 rings (SSSR count). The van der Waals surface area contributed by atoms with E-state index in [0.29, 0.717) is 11.3 Å². The van der Waals surface area contributed by atoms with Gasteiger partial charge < -0.3 is 14.2 Å². The predicted molar refractivity (Wildman–Crippen MR) is 57.1 cm³/mol. The van der Waals surface area contributed by atoms with Crippen molar-refractivity contribution in [1.82, 2.24) is 0 Å². The number of hydrogen-bond acceptors (Lipinski definition) is 3. The van der Waals surface area contributed by atoms with Crippen molar-refractivity contribution in [2.75, 3.05) is 6.79 Å². The summed E-state index contributed by atoms with van der Waals surface area (Å²) in [6, 6.07) is 1.35. The van der Waals surface area contributed by atoms with Gasteiger partial charge >= 0.3 is 6.18 Å². The fourth-order valence-corrected chi connectivity index (χ4v) is 2.09. The summed E-state index contributed by atoms with van der Waals surface area (Å²) >= 11 is 6.02. The van der Waals surface area contributed by atoms with E-state index in [1.165, 1.54) is 12.1 Å². The van der Waals surface area contributed by atoms with Gasteiger partial charge in [-0.1, -0.05) is 11.6 Å². The van der Waals surface area contributed by atoms with E-state index in [1.54, 1.807) is 0 Å². The lowest BCUT2D eigenvalue weighted by molar-refractivity contribution is -0.180. The summed E-state index contributed by atoms with van der Waals surface area (Å²) in [6.45, 7) is -0.00956. The van der Waals surface area contributed by atoms with E-state index in [9.17, 15) is 13.2 Å². The maximum Gasteiger partial charge on any atom is 0.429 e. The minimum absolute atomic E-state index is 0.00956.